The second-order valence-electron chi connectivity index (χ2n) is 10.5. The van der Waals surface area contributed by atoms with E-state index in [2.05, 4.69) is 142 Å². The van der Waals surface area contributed by atoms with Crippen LogP contribution in [0.3, 0.4) is 0 Å². The van der Waals surface area contributed by atoms with E-state index < -0.39 is 0 Å². The van der Waals surface area contributed by atoms with Gasteiger partial charge in [-0.2, -0.15) is 4.57 Å². The number of hydrogen-bond acceptors (Lipinski definition) is 2. The minimum atomic E-state index is 0.890. The Hall–Kier alpha value is -3.56. The maximum atomic E-state index is 2.44. The van der Waals surface area contributed by atoms with E-state index in [1.165, 1.54) is 65.5 Å². The van der Waals surface area contributed by atoms with Crippen LogP contribution < -0.4 is 9.47 Å². The van der Waals surface area contributed by atoms with E-state index in [4.69, 9.17) is 0 Å². The quantitative estimate of drug-likeness (QED) is 0.173. The molecule has 39 heavy (non-hydrogen) atoms. The number of rotatable bonds is 7. The first-order chi connectivity index (χ1) is 18.9. The molecule has 0 bridgehead atoms. The lowest BCUT2D eigenvalue weighted by Crippen LogP contribution is -2.33. The van der Waals surface area contributed by atoms with Crippen molar-refractivity contribution >= 4 is 34.4 Å². The number of allylic oxidation sites excluding steroid dienone is 4. The standard InChI is InChI=1S/C36H39N2S/c1-7-37-19-18-31(32-21-25(3)20-28(6)36(32)37)16-14-30(24-29-12-10-9-11-13-29)15-17-35-38(8-2)33-22-26(4)27(5)23-34(33)39-35/h9-23H,7-8,24H2,1-6H3/q+1. The highest BCUT2D eigenvalue weighted by Gasteiger charge is 2.24. The molecule has 0 spiro atoms. The predicted molar refractivity (Wildman–Crippen MR) is 169 cm³/mol. The topological polar surface area (TPSA) is 7.12 Å². The van der Waals surface area contributed by atoms with Crippen molar-refractivity contribution in [1.82, 2.24) is 0 Å². The Morgan fingerprint density at radius 2 is 1.67 bits per heavy atom. The molecule has 0 saturated heterocycles. The average molecular weight is 532 g/mol. The van der Waals surface area contributed by atoms with E-state index >= 15 is 0 Å². The van der Waals surface area contributed by atoms with E-state index in [1.807, 2.05) is 11.8 Å². The summed E-state index contributed by atoms with van der Waals surface area (Å²) in [4.78, 5) is 3.79. The van der Waals surface area contributed by atoms with Gasteiger partial charge in [0.25, 0.3) is 0 Å². The fourth-order valence-electron chi connectivity index (χ4n) is 5.49. The fourth-order valence-corrected chi connectivity index (χ4v) is 6.70. The molecule has 0 amide bonds. The van der Waals surface area contributed by atoms with E-state index in [0.29, 0.717) is 0 Å². The Bertz CT molecular complexity index is 1610. The molecular weight excluding hydrogens is 492 g/mol. The van der Waals surface area contributed by atoms with Gasteiger partial charge in [0, 0.05) is 23.1 Å². The van der Waals surface area contributed by atoms with Gasteiger partial charge in [0.15, 0.2) is 6.20 Å². The van der Waals surface area contributed by atoms with Crippen LogP contribution in [0, 0.1) is 27.7 Å². The zero-order valence-corrected chi connectivity index (χ0v) is 24.9. The van der Waals surface area contributed by atoms with Crippen molar-refractivity contribution in [3.63, 3.8) is 0 Å². The number of fused-ring (bicyclic) bond motifs is 2. The Morgan fingerprint density at radius 1 is 0.897 bits per heavy atom. The predicted octanol–water partition coefficient (Wildman–Crippen LogP) is 9.04. The Morgan fingerprint density at radius 3 is 2.41 bits per heavy atom. The van der Waals surface area contributed by atoms with Gasteiger partial charge in [-0.15, -0.1) is 0 Å². The maximum absolute atomic E-state index is 2.44. The van der Waals surface area contributed by atoms with Crippen molar-refractivity contribution in [2.45, 2.75) is 59.4 Å². The number of aromatic nitrogens is 1. The van der Waals surface area contributed by atoms with Crippen molar-refractivity contribution < 1.29 is 4.57 Å². The summed E-state index contributed by atoms with van der Waals surface area (Å²) < 4.78 is 2.35. The second kappa shape index (κ2) is 11.7. The molecule has 0 N–H and O–H groups in total. The van der Waals surface area contributed by atoms with Gasteiger partial charge < -0.3 is 4.90 Å². The molecule has 0 atom stereocenters. The van der Waals surface area contributed by atoms with E-state index in [0.717, 1.165) is 19.5 Å². The number of pyridine rings is 1. The molecule has 4 aromatic rings. The highest BCUT2D eigenvalue weighted by molar-refractivity contribution is 8.03. The van der Waals surface area contributed by atoms with Crippen molar-refractivity contribution in [2.75, 3.05) is 11.4 Å². The molecule has 0 saturated carbocycles. The molecule has 1 aliphatic rings. The van der Waals surface area contributed by atoms with Gasteiger partial charge in [-0.05, 0) is 112 Å². The molecule has 5 rings (SSSR count). The average Bonchev–Trinajstić information content (AvgIpc) is 3.26. The van der Waals surface area contributed by atoms with Crippen LogP contribution in [0.4, 0.5) is 5.69 Å². The van der Waals surface area contributed by atoms with E-state index in [-0.39, 0.29) is 0 Å². The van der Waals surface area contributed by atoms with Gasteiger partial charge in [-0.3, -0.25) is 0 Å². The Labute approximate surface area is 238 Å². The number of nitrogens with zero attached hydrogens (tertiary/aromatic N) is 2. The smallest absolute Gasteiger partial charge is 0.216 e. The van der Waals surface area contributed by atoms with Gasteiger partial charge >= 0.3 is 0 Å². The zero-order chi connectivity index (χ0) is 27.5. The van der Waals surface area contributed by atoms with Gasteiger partial charge in [0.05, 0.1) is 16.1 Å². The SMILES string of the molecule is CCN1C(=CC=C(C=Cc2cc[n+](CC)c3c(C)cc(C)cc23)Cc2ccccc2)Sc2cc(C)c(C)cc21. The van der Waals surface area contributed by atoms with Crippen LogP contribution in [0.15, 0.2) is 101 Å². The summed E-state index contributed by atoms with van der Waals surface area (Å²) in [5, 5.41) is 2.60. The van der Waals surface area contributed by atoms with E-state index in [9.17, 15) is 0 Å². The summed E-state index contributed by atoms with van der Waals surface area (Å²) in [5.74, 6) is 0. The first-order valence-corrected chi connectivity index (χ1v) is 14.8. The summed E-state index contributed by atoms with van der Waals surface area (Å²) in [6.07, 6.45) is 12.3. The van der Waals surface area contributed by atoms with Crippen molar-refractivity contribution in [1.29, 1.82) is 0 Å². The number of thioether (sulfide) groups is 1. The third-order valence-electron chi connectivity index (χ3n) is 7.65. The molecule has 1 aromatic heterocycles. The molecule has 2 nitrogen and oxygen atoms in total. The molecule has 0 fully saturated rings. The van der Waals surface area contributed by atoms with Crippen LogP contribution in [0.2, 0.25) is 0 Å². The van der Waals surface area contributed by atoms with E-state index in [1.54, 1.807) is 0 Å². The lowest BCUT2D eigenvalue weighted by atomic mass is 10.00. The molecule has 3 aromatic carbocycles. The van der Waals surface area contributed by atoms with Crippen LogP contribution in [0.25, 0.3) is 17.0 Å². The van der Waals surface area contributed by atoms with Gasteiger partial charge in [0.2, 0.25) is 5.52 Å². The summed E-state index contributed by atoms with van der Waals surface area (Å²) in [5.41, 5.74) is 11.9. The second-order valence-corrected chi connectivity index (χ2v) is 11.6. The summed E-state index contributed by atoms with van der Waals surface area (Å²) >= 11 is 1.88. The molecule has 0 aliphatic carbocycles. The highest BCUT2D eigenvalue weighted by Crippen LogP contribution is 2.47. The van der Waals surface area contributed by atoms with Crippen molar-refractivity contribution in [2.24, 2.45) is 0 Å². The normalized spacial score (nSPS) is 14.7. The van der Waals surface area contributed by atoms with Crippen molar-refractivity contribution in [3.8, 4) is 0 Å². The van der Waals surface area contributed by atoms with Gasteiger partial charge in [-0.1, -0.05) is 60.3 Å². The minimum Gasteiger partial charge on any atom is -0.335 e. The number of hydrogen-bond donors (Lipinski definition) is 0. The lowest BCUT2D eigenvalue weighted by Gasteiger charge is -2.18. The minimum absolute atomic E-state index is 0.890. The summed E-state index contributed by atoms with van der Waals surface area (Å²) in [7, 11) is 0. The number of anilines is 1. The van der Waals surface area contributed by atoms with Gasteiger partial charge in [0.1, 0.15) is 6.54 Å². The molecule has 198 valence electrons. The number of aryl methyl sites for hydroxylation is 5. The van der Waals surface area contributed by atoms with Crippen LogP contribution in [0.1, 0.15) is 47.2 Å². The molecule has 1 aliphatic heterocycles. The molecule has 3 heteroatoms. The van der Waals surface area contributed by atoms with Crippen LogP contribution >= 0.6 is 11.8 Å². The summed E-state index contributed by atoms with van der Waals surface area (Å²) in [6.45, 7) is 15.2. The van der Waals surface area contributed by atoms with Gasteiger partial charge in [-0.25, -0.2) is 0 Å². The first kappa shape index (κ1) is 27.0. The molecule has 0 unspecified atom stereocenters. The summed E-state index contributed by atoms with van der Waals surface area (Å²) in [6, 6.07) is 22.3. The van der Waals surface area contributed by atoms with Crippen LogP contribution in [0.5, 0.6) is 0 Å². The highest BCUT2D eigenvalue weighted by atomic mass is 32.2. The van der Waals surface area contributed by atoms with Crippen molar-refractivity contribution in [3.05, 3.63) is 129 Å². The first-order valence-electron chi connectivity index (χ1n) is 14.0. The number of benzene rings is 3. The fraction of sp³-hybridized carbons (Fsp3) is 0.250. The third-order valence-corrected chi connectivity index (χ3v) is 8.76. The Balaban J connectivity index is 1.54. The van der Waals surface area contributed by atoms with Crippen LogP contribution in [-0.4, -0.2) is 6.54 Å². The largest absolute Gasteiger partial charge is 0.335 e. The monoisotopic (exact) mass is 531 g/mol. The van der Waals surface area contributed by atoms with Crippen LogP contribution in [-0.2, 0) is 13.0 Å². The maximum Gasteiger partial charge on any atom is 0.216 e. The lowest BCUT2D eigenvalue weighted by molar-refractivity contribution is -0.668. The molecule has 0 radical (unpaired) electrons. The Kier molecular flexibility index (Phi) is 8.09. The molecular formula is C36H39N2S+. The molecule has 2 heterocycles. The zero-order valence-electron chi connectivity index (χ0n) is 24.1. The third kappa shape index (κ3) is 5.74.